The van der Waals surface area contributed by atoms with E-state index in [9.17, 15) is 9.59 Å². The maximum Gasteiger partial charge on any atom is 0.269 e. The molecule has 0 saturated carbocycles. The van der Waals surface area contributed by atoms with Crippen LogP contribution in [-0.4, -0.2) is 15.5 Å². The van der Waals surface area contributed by atoms with E-state index in [4.69, 9.17) is 0 Å². The Labute approximate surface area is 145 Å². The van der Waals surface area contributed by atoms with Crippen molar-refractivity contribution in [3.63, 3.8) is 0 Å². The van der Waals surface area contributed by atoms with Gasteiger partial charge in [0.25, 0.3) is 11.5 Å². The molecule has 0 bridgehead atoms. The van der Waals surface area contributed by atoms with Gasteiger partial charge in [0.2, 0.25) is 5.95 Å². The molecule has 6 heteroatoms. The molecule has 6 nitrogen and oxygen atoms in total. The number of fused-ring (bicyclic) bond motifs is 1. The van der Waals surface area contributed by atoms with Gasteiger partial charge in [-0.25, -0.2) is 4.98 Å². The summed E-state index contributed by atoms with van der Waals surface area (Å²) < 4.78 is 1.49. The average molecular weight is 336 g/mol. The molecule has 128 valence electrons. The SMILES string of the molecule is CCn1c(NNC(=O)c2ccc(C)cc2C)nc2ccccc2c1=O. The number of nitrogens with zero attached hydrogens (tertiary/aromatic N) is 2. The van der Waals surface area contributed by atoms with E-state index in [1.807, 2.05) is 39.0 Å². The zero-order valence-corrected chi connectivity index (χ0v) is 14.5. The average Bonchev–Trinajstić information content (AvgIpc) is 2.60. The number of benzene rings is 2. The molecule has 0 aliphatic heterocycles. The second-order valence-electron chi connectivity index (χ2n) is 5.90. The number of aromatic nitrogens is 2. The van der Waals surface area contributed by atoms with Gasteiger partial charge >= 0.3 is 0 Å². The first-order valence-corrected chi connectivity index (χ1v) is 8.14. The van der Waals surface area contributed by atoms with Crippen molar-refractivity contribution in [3.05, 3.63) is 69.5 Å². The number of anilines is 1. The molecule has 3 aromatic rings. The third-order valence-corrected chi connectivity index (χ3v) is 4.09. The highest BCUT2D eigenvalue weighted by molar-refractivity contribution is 5.96. The Morgan fingerprint density at radius 2 is 1.92 bits per heavy atom. The van der Waals surface area contributed by atoms with E-state index in [1.54, 1.807) is 24.3 Å². The number of hydrazine groups is 1. The van der Waals surface area contributed by atoms with Gasteiger partial charge in [0, 0.05) is 12.1 Å². The Morgan fingerprint density at radius 1 is 1.16 bits per heavy atom. The van der Waals surface area contributed by atoms with Gasteiger partial charge in [-0.2, -0.15) is 0 Å². The summed E-state index contributed by atoms with van der Waals surface area (Å²) >= 11 is 0. The number of carbonyl (C=O) groups excluding carboxylic acids is 1. The second kappa shape index (κ2) is 6.76. The van der Waals surface area contributed by atoms with Gasteiger partial charge in [0.05, 0.1) is 10.9 Å². The molecule has 1 aromatic heterocycles. The molecule has 25 heavy (non-hydrogen) atoms. The van der Waals surface area contributed by atoms with Crippen molar-refractivity contribution in [2.75, 3.05) is 5.43 Å². The molecule has 0 aliphatic rings. The van der Waals surface area contributed by atoms with Gasteiger partial charge in [-0.15, -0.1) is 0 Å². The van der Waals surface area contributed by atoms with E-state index in [0.717, 1.165) is 11.1 Å². The summed E-state index contributed by atoms with van der Waals surface area (Å²) in [4.78, 5) is 29.4. The largest absolute Gasteiger partial charge is 0.277 e. The molecule has 0 unspecified atom stereocenters. The Bertz CT molecular complexity index is 1010. The molecular weight excluding hydrogens is 316 g/mol. The molecule has 0 atom stereocenters. The first-order valence-electron chi connectivity index (χ1n) is 8.14. The summed E-state index contributed by atoms with van der Waals surface area (Å²) in [6, 6.07) is 12.8. The van der Waals surface area contributed by atoms with Crippen molar-refractivity contribution >= 4 is 22.8 Å². The number of carbonyl (C=O) groups is 1. The van der Waals surface area contributed by atoms with Crippen LogP contribution in [0.1, 0.15) is 28.4 Å². The predicted octanol–water partition coefficient (Wildman–Crippen LogP) is 2.79. The summed E-state index contributed by atoms with van der Waals surface area (Å²) in [5.74, 6) is 0.0341. The fraction of sp³-hybridized carbons (Fsp3) is 0.211. The van der Waals surface area contributed by atoms with E-state index in [1.165, 1.54) is 4.57 Å². The topological polar surface area (TPSA) is 76.0 Å². The van der Waals surface area contributed by atoms with Crippen LogP contribution >= 0.6 is 0 Å². The van der Waals surface area contributed by atoms with Crippen LogP contribution in [0.25, 0.3) is 10.9 Å². The predicted molar refractivity (Wildman–Crippen MR) is 98.7 cm³/mol. The van der Waals surface area contributed by atoms with Crippen LogP contribution in [-0.2, 0) is 6.54 Å². The number of nitrogens with one attached hydrogen (secondary N) is 2. The minimum Gasteiger partial charge on any atom is -0.277 e. The fourth-order valence-electron chi connectivity index (χ4n) is 2.81. The van der Waals surface area contributed by atoms with Crippen molar-refractivity contribution in [1.82, 2.24) is 15.0 Å². The zero-order valence-electron chi connectivity index (χ0n) is 14.5. The standard InChI is InChI=1S/C19H20N4O2/c1-4-23-18(25)15-7-5-6-8-16(15)20-19(23)22-21-17(24)14-10-9-12(2)11-13(14)3/h5-11H,4H2,1-3H3,(H,20,22)(H,21,24). The Kier molecular flexibility index (Phi) is 4.52. The third-order valence-electron chi connectivity index (χ3n) is 4.09. The highest BCUT2D eigenvalue weighted by atomic mass is 16.2. The first-order chi connectivity index (χ1) is 12.0. The number of rotatable bonds is 4. The van der Waals surface area contributed by atoms with Crippen LogP contribution in [0.2, 0.25) is 0 Å². The summed E-state index contributed by atoms with van der Waals surface area (Å²) in [5.41, 5.74) is 8.42. The number of amides is 1. The maximum atomic E-state index is 12.6. The summed E-state index contributed by atoms with van der Waals surface area (Å²) in [6.07, 6.45) is 0. The molecular formula is C19H20N4O2. The lowest BCUT2D eigenvalue weighted by atomic mass is 10.1. The van der Waals surface area contributed by atoms with Gasteiger partial charge in [0.1, 0.15) is 0 Å². The van der Waals surface area contributed by atoms with E-state index in [0.29, 0.717) is 29.0 Å². The van der Waals surface area contributed by atoms with Gasteiger partial charge in [-0.05, 0) is 44.5 Å². The summed E-state index contributed by atoms with van der Waals surface area (Å²) in [6.45, 7) is 6.16. The van der Waals surface area contributed by atoms with Crippen molar-refractivity contribution in [2.45, 2.75) is 27.3 Å². The highest BCUT2D eigenvalue weighted by Crippen LogP contribution is 2.12. The Balaban J connectivity index is 1.90. The Hall–Kier alpha value is -3.15. The van der Waals surface area contributed by atoms with Crippen molar-refractivity contribution in [2.24, 2.45) is 0 Å². The van der Waals surface area contributed by atoms with E-state index in [-0.39, 0.29) is 11.5 Å². The normalized spacial score (nSPS) is 10.7. The highest BCUT2D eigenvalue weighted by Gasteiger charge is 2.12. The molecule has 1 amide bonds. The lowest BCUT2D eigenvalue weighted by molar-refractivity contribution is 0.0961. The molecule has 0 aliphatic carbocycles. The van der Waals surface area contributed by atoms with Crippen molar-refractivity contribution in [1.29, 1.82) is 0 Å². The van der Waals surface area contributed by atoms with Gasteiger partial charge in [-0.1, -0.05) is 29.8 Å². The van der Waals surface area contributed by atoms with Crippen molar-refractivity contribution in [3.8, 4) is 0 Å². The van der Waals surface area contributed by atoms with Crippen LogP contribution in [0.15, 0.2) is 47.3 Å². The minimum atomic E-state index is -0.275. The second-order valence-corrected chi connectivity index (χ2v) is 5.90. The number of aryl methyl sites for hydroxylation is 2. The zero-order chi connectivity index (χ0) is 18.0. The van der Waals surface area contributed by atoms with Crippen LogP contribution in [0.4, 0.5) is 5.95 Å². The molecule has 0 spiro atoms. The Morgan fingerprint density at radius 3 is 2.64 bits per heavy atom. The smallest absolute Gasteiger partial charge is 0.269 e. The lowest BCUT2D eigenvalue weighted by Crippen LogP contribution is -2.34. The molecule has 3 rings (SSSR count). The van der Waals surface area contributed by atoms with Crippen LogP contribution in [0.3, 0.4) is 0 Å². The lowest BCUT2D eigenvalue weighted by Gasteiger charge is -2.14. The van der Waals surface area contributed by atoms with Gasteiger partial charge in [-0.3, -0.25) is 25.0 Å². The van der Waals surface area contributed by atoms with E-state index < -0.39 is 0 Å². The van der Waals surface area contributed by atoms with Gasteiger partial charge in [0.15, 0.2) is 0 Å². The van der Waals surface area contributed by atoms with Gasteiger partial charge < -0.3 is 0 Å². The molecule has 0 fully saturated rings. The summed E-state index contributed by atoms with van der Waals surface area (Å²) in [7, 11) is 0. The molecule has 1 heterocycles. The van der Waals surface area contributed by atoms with E-state index in [2.05, 4.69) is 15.8 Å². The van der Waals surface area contributed by atoms with Crippen LogP contribution in [0, 0.1) is 13.8 Å². The first kappa shape index (κ1) is 16.7. The maximum absolute atomic E-state index is 12.6. The van der Waals surface area contributed by atoms with Crippen LogP contribution in [0.5, 0.6) is 0 Å². The number of hydrogen-bond donors (Lipinski definition) is 2. The molecule has 0 saturated heterocycles. The van der Waals surface area contributed by atoms with Crippen LogP contribution < -0.4 is 16.4 Å². The molecule has 2 N–H and O–H groups in total. The number of para-hydroxylation sites is 1. The molecule has 2 aromatic carbocycles. The fourth-order valence-corrected chi connectivity index (χ4v) is 2.81. The molecule has 0 radical (unpaired) electrons. The number of hydrogen-bond acceptors (Lipinski definition) is 4. The monoisotopic (exact) mass is 336 g/mol. The minimum absolute atomic E-state index is 0.142. The van der Waals surface area contributed by atoms with E-state index >= 15 is 0 Å². The summed E-state index contributed by atoms with van der Waals surface area (Å²) in [5, 5.41) is 0.551. The van der Waals surface area contributed by atoms with Crippen molar-refractivity contribution < 1.29 is 4.79 Å². The quantitative estimate of drug-likeness (QED) is 0.718. The third kappa shape index (κ3) is 3.24.